The van der Waals surface area contributed by atoms with E-state index in [0.717, 1.165) is 11.8 Å². The quantitative estimate of drug-likeness (QED) is 0.639. The van der Waals surface area contributed by atoms with Gasteiger partial charge in [-0.15, -0.1) is 0 Å². The van der Waals surface area contributed by atoms with Gasteiger partial charge in [-0.2, -0.15) is 0 Å². The van der Waals surface area contributed by atoms with E-state index in [2.05, 4.69) is 0 Å². The van der Waals surface area contributed by atoms with Crippen molar-refractivity contribution < 1.29 is 20.1 Å². The number of aldehydes is 1. The van der Waals surface area contributed by atoms with Gasteiger partial charge in [0.2, 0.25) is 0 Å². The lowest BCUT2D eigenvalue weighted by molar-refractivity contribution is 0.00388. The molecule has 4 heteroatoms. The standard InChI is InChI=1S/C12H16O4/c1-8-6-9(7-14)2-3-10(8)12(16)11(15)4-5-13/h2-3,6-7,11-13,15-16H,4-5H2,1H3. The summed E-state index contributed by atoms with van der Waals surface area (Å²) in [7, 11) is 0. The molecule has 0 spiro atoms. The Morgan fingerprint density at radius 3 is 2.56 bits per heavy atom. The Labute approximate surface area is 94.2 Å². The van der Waals surface area contributed by atoms with Crippen molar-refractivity contribution in [3.05, 3.63) is 34.9 Å². The molecule has 3 N–H and O–H groups in total. The van der Waals surface area contributed by atoms with Gasteiger partial charge in [-0.3, -0.25) is 4.79 Å². The number of aryl methyl sites for hydroxylation is 1. The molecule has 0 fully saturated rings. The van der Waals surface area contributed by atoms with Crippen LogP contribution in [0.3, 0.4) is 0 Å². The van der Waals surface area contributed by atoms with Gasteiger partial charge in [0.05, 0.1) is 6.10 Å². The average Bonchev–Trinajstić information content (AvgIpc) is 2.28. The van der Waals surface area contributed by atoms with Crippen LogP contribution in [0.4, 0.5) is 0 Å². The average molecular weight is 224 g/mol. The fourth-order valence-corrected chi connectivity index (χ4v) is 1.60. The Balaban J connectivity index is 2.91. The summed E-state index contributed by atoms with van der Waals surface area (Å²) in [5.74, 6) is 0. The van der Waals surface area contributed by atoms with Gasteiger partial charge in [0.1, 0.15) is 12.4 Å². The minimum Gasteiger partial charge on any atom is -0.396 e. The van der Waals surface area contributed by atoms with Crippen molar-refractivity contribution >= 4 is 6.29 Å². The highest BCUT2D eigenvalue weighted by molar-refractivity contribution is 5.75. The van der Waals surface area contributed by atoms with Crippen LogP contribution < -0.4 is 0 Å². The molecule has 0 aliphatic heterocycles. The molecule has 4 nitrogen and oxygen atoms in total. The second kappa shape index (κ2) is 5.75. The third-order valence-corrected chi connectivity index (χ3v) is 2.54. The zero-order chi connectivity index (χ0) is 12.1. The SMILES string of the molecule is Cc1cc(C=O)ccc1C(O)C(O)CCO. The van der Waals surface area contributed by atoms with Crippen molar-refractivity contribution in [1.82, 2.24) is 0 Å². The van der Waals surface area contributed by atoms with E-state index in [4.69, 9.17) is 5.11 Å². The molecule has 1 aromatic rings. The number of carbonyl (C=O) groups excluding carboxylic acids is 1. The van der Waals surface area contributed by atoms with E-state index < -0.39 is 12.2 Å². The van der Waals surface area contributed by atoms with Gasteiger partial charge in [0.25, 0.3) is 0 Å². The number of benzene rings is 1. The number of rotatable bonds is 5. The second-order valence-electron chi connectivity index (χ2n) is 3.76. The van der Waals surface area contributed by atoms with Crippen LogP contribution in [0.2, 0.25) is 0 Å². The van der Waals surface area contributed by atoms with Gasteiger partial charge in [-0.25, -0.2) is 0 Å². The van der Waals surface area contributed by atoms with Crippen LogP contribution in [-0.2, 0) is 0 Å². The lowest BCUT2D eigenvalue weighted by atomic mass is 9.96. The highest BCUT2D eigenvalue weighted by atomic mass is 16.3. The summed E-state index contributed by atoms with van der Waals surface area (Å²) in [6.45, 7) is 1.58. The number of carbonyl (C=O) groups is 1. The summed E-state index contributed by atoms with van der Waals surface area (Å²) in [5, 5.41) is 28.0. The molecule has 0 radical (unpaired) electrons. The maximum absolute atomic E-state index is 10.5. The molecule has 0 aromatic heterocycles. The van der Waals surface area contributed by atoms with E-state index in [0.29, 0.717) is 11.1 Å². The summed E-state index contributed by atoms with van der Waals surface area (Å²) in [6, 6.07) is 4.85. The molecule has 0 saturated heterocycles. The van der Waals surface area contributed by atoms with Crippen molar-refractivity contribution in [2.75, 3.05) is 6.61 Å². The molecule has 0 aliphatic rings. The molecule has 0 heterocycles. The Morgan fingerprint density at radius 1 is 1.38 bits per heavy atom. The van der Waals surface area contributed by atoms with Gasteiger partial charge in [0, 0.05) is 12.2 Å². The molecule has 2 atom stereocenters. The lowest BCUT2D eigenvalue weighted by Gasteiger charge is -2.19. The molecular weight excluding hydrogens is 208 g/mol. The van der Waals surface area contributed by atoms with Crippen molar-refractivity contribution in [3.8, 4) is 0 Å². The van der Waals surface area contributed by atoms with Crippen LogP contribution in [-0.4, -0.2) is 34.3 Å². The smallest absolute Gasteiger partial charge is 0.150 e. The van der Waals surface area contributed by atoms with Crippen LogP contribution in [0.15, 0.2) is 18.2 Å². The molecule has 16 heavy (non-hydrogen) atoms. The summed E-state index contributed by atoms with van der Waals surface area (Å²) in [5.41, 5.74) is 1.85. The van der Waals surface area contributed by atoms with Crippen LogP contribution in [0.25, 0.3) is 0 Å². The third-order valence-electron chi connectivity index (χ3n) is 2.54. The largest absolute Gasteiger partial charge is 0.396 e. The fraction of sp³-hybridized carbons (Fsp3) is 0.417. The van der Waals surface area contributed by atoms with E-state index in [1.54, 1.807) is 25.1 Å². The van der Waals surface area contributed by atoms with Crippen LogP contribution >= 0.6 is 0 Å². The number of hydrogen-bond acceptors (Lipinski definition) is 4. The topological polar surface area (TPSA) is 77.8 Å². The number of aliphatic hydroxyl groups is 3. The minimum absolute atomic E-state index is 0.121. The lowest BCUT2D eigenvalue weighted by Crippen LogP contribution is -2.20. The van der Waals surface area contributed by atoms with Gasteiger partial charge in [-0.05, 0) is 30.5 Å². The van der Waals surface area contributed by atoms with E-state index in [1.807, 2.05) is 0 Å². The zero-order valence-corrected chi connectivity index (χ0v) is 9.13. The van der Waals surface area contributed by atoms with Gasteiger partial charge < -0.3 is 15.3 Å². The Hall–Kier alpha value is -1.23. The third kappa shape index (κ3) is 2.88. The molecule has 2 unspecified atom stereocenters. The molecule has 0 aliphatic carbocycles. The predicted molar refractivity (Wildman–Crippen MR) is 59.2 cm³/mol. The highest BCUT2D eigenvalue weighted by Crippen LogP contribution is 2.22. The number of hydrogen-bond donors (Lipinski definition) is 3. The maximum Gasteiger partial charge on any atom is 0.150 e. The molecule has 0 bridgehead atoms. The molecular formula is C12H16O4. The molecule has 1 rings (SSSR count). The van der Waals surface area contributed by atoms with Crippen LogP contribution in [0, 0.1) is 6.92 Å². The first kappa shape index (κ1) is 12.8. The summed E-state index contributed by atoms with van der Waals surface area (Å²) >= 11 is 0. The van der Waals surface area contributed by atoms with Crippen molar-refractivity contribution in [2.45, 2.75) is 25.6 Å². The van der Waals surface area contributed by atoms with Gasteiger partial charge in [0.15, 0.2) is 0 Å². The van der Waals surface area contributed by atoms with Crippen LogP contribution in [0.5, 0.6) is 0 Å². The maximum atomic E-state index is 10.5. The molecule has 0 amide bonds. The van der Waals surface area contributed by atoms with E-state index in [9.17, 15) is 15.0 Å². The van der Waals surface area contributed by atoms with Crippen molar-refractivity contribution in [1.29, 1.82) is 0 Å². The Morgan fingerprint density at radius 2 is 2.06 bits per heavy atom. The Kier molecular flexibility index (Phi) is 4.61. The molecule has 88 valence electrons. The summed E-state index contributed by atoms with van der Waals surface area (Å²) in [6.07, 6.45) is -1.18. The number of aliphatic hydroxyl groups excluding tert-OH is 3. The van der Waals surface area contributed by atoms with E-state index >= 15 is 0 Å². The monoisotopic (exact) mass is 224 g/mol. The summed E-state index contributed by atoms with van der Waals surface area (Å²) < 4.78 is 0. The molecule has 0 saturated carbocycles. The van der Waals surface area contributed by atoms with Gasteiger partial charge in [-0.1, -0.05) is 12.1 Å². The van der Waals surface area contributed by atoms with E-state index in [1.165, 1.54) is 0 Å². The first-order chi connectivity index (χ1) is 7.60. The second-order valence-corrected chi connectivity index (χ2v) is 3.76. The van der Waals surface area contributed by atoms with Crippen molar-refractivity contribution in [3.63, 3.8) is 0 Å². The first-order valence-electron chi connectivity index (χ1n) is 5.13. The first-order valence-corrected chi connectivity index (χ1v) is 5.13. The Bertz CT molecular complexity index is 362. The normalized spacial score (nSPS) is 14.5. The minimum atomic E-state index is -1.03. The van der Waals surface area contributed by atoms with Gasteiger partial charge >= 0.3 is 0 Å². The highest BCUT2D eigenvalue weighted by Gasteiger charge is 2.19. The molecule has 1 aromatic carbocycles. The van der Waals surface area contributed by atoms with E-state index in [-0.39, 0.29) is 13.0 Å². The summed E-state index contributed by atoms with van der Waals surface area (Å²) in [4.78, 5) is 10.5. The zero-order valence-electron chi connectivity index (χ0n) is 9.13. The van der Waals surface area contributed by atoms with Crippen molar-refractivity contribution in [2.24, 2.45) is 0 Å². The van der Waals surface area contributed by atoms with Crippen LogP contribution in [0.1, 0.15) is 34.0 Å². The fourth-order valence-electron chi connectivity index (χ4n) is 1.60. The predicted octanol–water partition coefficient (Wildman–Crippen LogP) is 0.584.